The van der Waals surface area contributed by atoms with Crippen molar-refractivity contribution in [1.29, 1.82) is 0 Å². The molecule has 0 fully saturated rings. The molecule has 1 aromatic carbocycles. The van der Waals surface area contributed by atoms with Gasteiger partial charge in [-0.2, -0.15) is 0 Å². The van der Waals surface area contributed by atoms with Gasteiger partial charge in [0.2, 0.25) is 11.8 Å². The molecule has 2 amide bonds. The van der Waals surface area contributed by atoms with Crippen molar-refractivity contribution < 1.29 is 14.1 Å². The number of aryl methyl sites for hydroxylation is 2. The number of carbonyl (C=O) groups is 2. The van der Waals surface area contributed by atoms with E-state index >= 15 is 0 Å². The van der Waals surface area contributed by atoms with E-state index in [0.29, 0.717) is 22.3 Å². The van der Waals surface area contributed by atoms with Crippen LogP contribution in [0.3, 0.4) is 0 Å². The maximum atomic E-state index is 12.0. The predicted octanol–water partition coefficient (Wildman–Crippen LogP) is 3.64. The molecule has 0 saturated heterocycles. The molecular weight excluding hydrogens is 350 g/mol. The molecule has 2 rings (SSSR count). The largest absolute Gasteiger partial charge is 0.360 e. The quantitative estimate of drug-likeness (QED) is 0.814. The standard InChI is InChI=1S/C16H18ClN3O3S/c1-9-4-5-12(17)7-13(9)18-15(21)8-24-11(3)16(22)19-14-6-10(2)23-20-14/h4-7,11H,8H2,1-3H3,(H,18,21)(H,19,20,22)/t11-/m1/s1. The number of nitrogens with one attached hydrogen (secondary N) is 2. The summed E-state index contributed by atoms with van der Waals surface area (Å²) in [6, 6.07) is 6.92. The van der Waals surface area contributed by atoms with Crippen molar-refractivity contribution in [2.24, 2.45) is 0 Å². The molecular formula is C16H18ClN3O3S. The second-order valence-corrected chi connectivity index (χ2v) is 7.04. The van der Waals surface area contributed by atoms with Gasteiger partial charge in [0.1, 0.15) is 5.76 Å². The summed E-state index contributed by atoms with van der Waals surface area (Å²) in [4.78, 5) is 24.1. The average molecular weight is 368 g/mol. The summed E-state index contributed by atoms with van der Waals surface area (Å²) in [5, 5.41) is 9.28. The number of carbonyl (C=O) groups excluding carboxylic acids is 2. The first-order valence-corrected chi connectivity index (χ1v) is 8.69. The Morgan fingerprint density at radius 2 is 2.04 bits per heavy atom. The minimum absolute atomic E-state index is 0.151. The van der Waals surface area contributed by atoms with E-state index in [-0.39, 0.29) is 17.6 Å². The summed E-state index contributed by atoms with van der Waals surface area (Å²) >= 11 is 7.16. The molecule has 0 aliphatic rings. The van der Waals surface area contributed by atoms with E-state index in [1.54, 1.807) is 32.0 Å². The van der Waals surface area contributed by atoms with E-state index < -0.39 is 5.25 Å². The SMILES string of the molecule is Cc1cc(NC(=O)[C@@H](C)SCC(=O)Nc2cc(Cl)ccc2C)no1. The minimum atomic E-state index is -0.409. The summed E-state index contributed by atoms with van der Waals surface area (Å²) in [6.07, 6.45) is 0. The highest BCUT2D eigenvalue weighted by Gasteiger charge is 2.17. The van der Waals surface area contributed by atoms with Gasteiger partial charge in [0, 0.05) is 16.8 Å². The maximum Gasteiger partial charge on any atom is 0.238 e. The van der Waals surface area contributed by atoms with Crippen LogP contribution in [-0.2, 0) is 9.59 Å². The number of thioether (sulfide) groups is 1. The Morgan fingerprint density at radius 1 is 1.29 bits per heavy atom. The second-order valence-electron chi connectivity index (χ2n) is 5.27. The van der Waals surface area contributed by atoms with Gasteiger partial charge >= 0.3 is 0 Å². The zero-order valence-electron chi connectivity index (χ0n) is 13.6. The van der Waals surface area contributed by atoms with Gasteiger partial charge in [-0.1, -0.05) is 22.8 Å². The number of nitrogens with zero attached hydrogens (tertiary/aromatic N) is 1. The van der Waals surface area contributed by atoms with Gasteiger partial charge in [-0.15, -0.1) is 11.8 Å². The molecule has 0 radical (unpaired) electrons. The number of rotatable bonds is 6. The molecule has 24 heavy (non-hydrogen) atoms. The lowest BCUT2D eigenvalue weighted by molar-refractivity contribution is -0.115. The van der Waals surface area contributed by atoms with Crippen LogP contribution in [0.5, 0.6) is 0 Å². The Labute approximate surface area is 149 Å². The number of benzene rings is 1. The lowest BCUT2D eigenvalue weighted by Gasteiger charge is -2.12. The van der Waals surface area contributed by atoms with Crippen molar-refractivity contribution in [3.05, 3.63) is 40.6 Å². The maximum absolute atomic E-state index is 12.0. The second kappa shape index (κ2) is 8.21. The van der Waals surface area contributed by atoms with Crippen LogP contribution in [0.15, 0.2) is 28.8 Å². The molecule has 128 valence electrons. The first-order chi connectivity index (χ1) is 11.3. The number of aromatic nitrogens is 1. The topological polar surface area (TPSA) is 84.2 Å². The Kier molecular flexibility index (Phi) is 6.28. The molecule has 2 aromatic rings. The van der Waals surface area contributed by atoms with E-state index in [0.717, 1.165) is 5.56 Å². The Morgan fingerprint density at radius 3 is 2.71 bits per heavy atom. The monoisotopic (exact) mass is 367 g/mol. The van der Waals surface area contributed by atoms with Crippen LogP contribution in [0, 0.1) is 13.8 Å². The molecule has 8 heteroatoms. The molecule has 0 aliphatic carbocycles. The molecule has 6 nitrogen and oxygen atoms in total. The highest BCUT2D eigenvalue weighted by atomic mass is 35.5. The summed E-state index contributed by atoms with van der Waals surface area (Å²) in [6.45, 7) is 5.35. The summed E-state index contributed by atoms with van der Waals surface area (Å²) in [5.41, 5.74) is 1.59. The highest BCUT2D eigenvalue weighted by molar-refractivity contribution is 8.01. The third kappa shape index (κ3) is 5.28. The van der Waals surface area contributed by atoms with Gasteiger partial charge in [-0.3, -0.25) is 9.59 Å². The van der Waals surface area contributed by atoms with Crippen LogP contribution < -0.4 is 10.6 Å². The fourth-order valence-corrected chi connectivity index (χ4v) is 2.70. The lowest BCUT2D eigenvalue weighted by Crippen LogP contribution is -2.25. The molecule has 0 spiro atoms. The van der Waals surface area contributed by atoms with Crippen molar-refractivity contribution in [1.82, 2.24) is 5.16 Å². The lowest BCUT2D eigenvalue weighted by atomic mass is 10.2. The Balaban J connectivity index is 1.82. The van der Waals surface area contributed by atoms with Gasteiger partial charge in [0.15, 0.2) is 5.82 Å². The summed E-state index contributed by atoms with van der Waals surface area (Å²) in [5.74, 6) is 0.700. The van der Waals surface area contributed by atoms with Crippen LogP contribution in [-0.4, -0.2) is 28.0 Å². The van der Waals surface area contributed by atoms with E-state index in [1.165, 1.54) is 11.8 Å². The van der Waals surface area contributed by atoms with Gasteiger partial charge in [0.05, 0.1) is 11.0 Å². The first kappa shape index (κ1) is 18.4. The summed E-state index contributed by atoms with van der Waals surface area (Å²) in [7, 11) is 0. The number of halogens is 1. The van der Waals surface area contributed by atoms with Crippen LogP contribution in [0.25, 0.3) is 0 Å². The third-order valence-electron chi connectivity index (χ3n) is 3.19. The smallest absolute Gasteiger partial charge is 0.238 e. The molecule has 2 N–H and O–H groups in total. The summed E-state index contributed by atoms with van der Waals surface area (Å²) < 4.78 is 4.88. The van der Waals surface area contributed by atoms with Gasteiger partial charge < -0.3 is 15.2 Å². The zero-order chi connectivity index (χ0) is 17.7. The number of anilines is 2. The molecule has 1 heterocycles. The molecule has 0 aliphatic heterocycles. The fraction of sp³-hybridized carbons (Fsp3) is 0.312. The number of amides is 2. The van der Waals surface area contributed by atoms with Crippen LogP contribution >= 0.6 is 23.4 Å². The minimum Gasteiger partial charge on any atom is -0.360 e. The van der Waals surface area contributed by atoms with Crippen LogP contribution in [0.1, 0.15) is 18.2 Å². The Hall–Kier alpha value is -1.99. The van der Waals surface area contributed by atoms with Gasteiger partial charge in [-0.05, 0) is 38.5 Å². The van der Waals surface area contributed by atoms with Crippen LogP contribution in [0.4, 0.5) is 11.5 Å². The zero-order valence-corrected chi connectivity index (χ0v) is 15.1. The average Bonchev–Trinajstić information content (AvgIpc) is 2.93. The normalized spacial score (nSPS) is 11.8. The number of hydrogen-bond donors (Lipinski definition) is 2. The van der Waals surface area contributed by atoms with Gasteiger partial charge in [0.25, 0.3) is 0 Å². The fourth-order valence-electron chi connectivity index (χ4n) is 1.84. The van der Waals surface area contributed by atoms with Crippen molar-refractivity contribution in [3.63, 3.8) is 0 Å². The third-order valence-corrected chi connectivity index (χ3v) is 4.56. The molecule has 0 unspecified atom stereocenters. The van der Waals surface area contributed by atoms with Crippen molar-refractivity contribution >= 4 is 46.7 Å². The van der Waals surface area contributed by atoms with E-state index in [2.05, 4.69) is 15.8 Å². The number of hydrogen-bond acceptors (Lipinski definition) is 5. The first-order valence-electron chi connectivity index (χ1n) is 7.27. The van der Waals surface area contributed by atoms with E-state index in [4.69, 9.17) is 16.1 Å². The predicted molar refractivity (Wildman–Crippen MR) is 96.6 cm³/mol. The molecule has 1 atom stereocenters. The highest BCUT2D eigenvalue weighted by Crippen LogP contribution is 2.21. The van der Waals surface area contributed by atoms with Crippen molar-refractivity contribution in [2.75, 3.05) is 16.4 Å². The van der Waals surface area contributed by atoms with E-state index in [9.17, 15) is 9.59 Å². The van der Waals surface area contributed by atoms with Crippen molar-refractivity contribution in [2.45, 2.75) is 26.0 Å². The van der Waals surface area contributed by atoms with E-state index in [1.807, 2.05) is 13.0 Å². The van der Waals surface area contributed by atoms with Gasteiger partial charge in [-0.25, -0.2) is 0 Å². The molecule has 0 saturated carbocycles. The molecule has 0 bridgehead atoms. The molecule has 1 aromatic heterocycles. The van der Waals surface area contributed by atoms with Crippen molar-refractivity contribution in [3.8, 4) is 0 Å². The Bertz CT molecular complexity index is 748. The van der Waals surface area contributed by atoms with Crippen LogP contribution in [0.2, 0.25) is 5.02 Å².